The number of hydrazone groups is 2. The van der Waals surface area contributed by atoms with E-state index in [0.29, 0.717) is 0 Å². The predicted molar refractivity (Wildman–Crippen MR) is 61.2 cm³/mol. The normalized spacial score (nSPS) is 18.8. The van der Waals surface area contributed by atoms with Crippen LogP contribution in [0.2, 0.25) is 0 Å². The quantitative estimate of drug-likeness (QED) is 0.464. The first kappa shape index (κ1) is 12.7. The van der Waals surface area contributed by atoms with Crippen molar-refractivity contribution in [3.05, 3.63) is 10.4 Å². The number of nitrogens with zero attached hydrogens (tertiary/aromatic N) is 2. The Bertz CT molecular complexity index is 368. The fraction of sp³-hybridized carbons (Fsp3) is 0.727. The largest absolute Gasteiger partial charge is 0.561 e. The zero-order chi connectivity index (χ0) is 12.9. The zero-order valence-corrected chi connectivity index (χ0v) is 10.6. The Hall–Kier alpha value is -1.39. The predicted octanol–water partition coefficient (Wildman–Crippen LogP) is 1.48. The Morgan fingerprint density at radius 1 is 0.812 bits per heavy atom. The molecule has 0 aromatic carbocycles. The molecule has 5 nitrogen and oxygen atoms in total. The minimum Gasteiger partial charge on any atom is -0.561 e. The standard InChI is InChI=1S/C11H18N2O3/c1-10(2,3)8-7(14)9(11(4,5)6)13(16)12(8)15/h1-6H3. The van der Waals surface area contributed by atoms with Crippen molar-refractivity contribution in [1.29, 1.82) is 0 Å². The maximum Gasteiger partial charge on any atom is 0.328 e. The number of hydrazine groups is 1. The Morgan fingerprint density at radius 3 is 1.19 bits per heavy atom. The van der Waals surface area contributed by atoms with Crippen LogP contribution in [0, 0.1) is 21.2 Å². The van der Waals surface area contributed by atoms with E-state index in [4.69, 9.17) is 0 Å². The first-order valence-electron chi connectivity index (χ1n) is 5.22. The summed E-state index contributed by atoms with van der Waals surface area (Å²) >= 11 is 0. The van der Waals surface area contributed by atoms with Gasteiger partial charge in [0.15, 0.2) is 0 Å². The fourth-order valence-corrected chi connectivity index (χ4v) is 1.72. The Kier molecular flexibility index (Phi) is 2.61. The number of Topliss-reactive ketones (excluding diaryl/α,β-unsaturated/α-hetero) is 1. The summed E-state index contributed by atoms with van der Waals surface area (Å²) in [7, 11) is 0. The van der Waals surface area contributed by atoms with Gasteiger partial charge in [0.05, 0.1) is 20.5 Å². The lowest BCUT2D eigenvalue weighted by atomic mass is 9.80. The second-order valence-corrected chi connectivity index (χ2v) is 6.07. The van der Waals surface area contributed by atoms with E-state index in [9.17, 15) is 15.2 Å². The van der Waals surface area contributed by atoms with Crippen molar-refractivity contribution in [2.24, 2.45) is 10.8 Å². The second kappa shape index (κ2) is 3.30. The van der Waals surface area contributed by atoms with E-state index in [1.165, 1.54) is 0 Å². The number of hydrogen-bond acceptors (Lipinski definition) is 3. The third-order valence-corrected chi connectivity index (χ3v) is 2.40. The molecule has 0 spiro atoms. The van der Waals surface area contributed by atoms with Crippen molar-refractivity contribution >= 4 is 17.2 Å². The summed E-state index contributed by atoms with van der Waals surface area (Å²) < 4.78 is 0. The lowest BCUT2D eigenvalue weighted by Crippen LogP contribution is -2.38. The van der Waals surface area contributed by atoms with Crippen LogP contribution in [0.25, 0.3) is 0 Å². The van der Waals surface area contributed by atoms with Crippen LogP contribution in [-0.4, -0.2) is 26.9 Å². The van der Waals surface area contributed by atoms with E-state index >= 15 is 0 Å². The molecule has 0 unspecified atom stereocenters. The van der Waals surface area contributed by atoms with E-state index in [1.54, 1.807) is 41.5 Å². The number of ketones is 1. The van der Waals surface area contributed by atoms with E-state index in [-0.39, 0.29) is 21.1 Å². The van der Waals surface area contributed by atoms with Crippen LogP contribution in [0.15, 0.2) is 0 Å². The average Bonchev–Trinajstić information content (AvgIpc) is 2.19. The lowest BCUT2D eigenvalue weighted by Gasteiger charge is -2.13. The van der Waals surface area contributed by atoms with E-state index in [0.717, 1.165) is 0 Å². The molecule has 0 fully saturated rings. The number of carbonyl (C=O) groups excluding carboxylic acids is 1. The van der Waals surface area contributed by atoms with Gasteiger partial charge in [-0.3, -0.25) is 4.79 Å². The van der Waals surface area contributed by atoms with Crippen molar-refractivity contribution in [3.63, 3.8) is 0 Å². The molecule has 0 aromatic rings. The molecule has 1 heterocycles. The molecular weight excluding hydrogens is 208 g/mol. The van der Waals surface area contributed by atoms with Crippen molar-refractivity contribution in [1.82, 2.24) is 0 Å². The Labute approximate surface area is 95.2 Å². The van der Waals surface area contributed by atoms with Gasteiger partial charge in [-0.05, 0) is 41.5 Å². The molecule has 0 bridgehead atoms. The topological polar surface area (TPSA) is 69.2 Å². The smallest absolute Gasteiger partial charge is 0.328 e. The minimum absolute atomic E-state index is 0.00688. The van der Waals surface area contributed by atoms with Crippen LogP contribution in [-0.2, 0) is 4.79 Å². The fourth-order valence-electron chi connectivity index (χ4n) is 1.72. The molecule has 1 rings (SSSR count). The highest BCUT2D eigenvalue weighted by Crippen LogP contribution is 2.26. The van der Waals surface area contributed by atoms with Gasteiger partial charge < -0.3 is 10.4 Å². The third kappa shape index (κ3) is 1.81. The maximum atomic E-state index is 12.1. The number of hydrogen-bond donors (Lipinski definition) is 0. The second-order valence-electron chi connectivity index (χ2n) is 6.07. The molecule has 0 radical (unpaired) electrons. The van der Waals surface area contributed by atoms with E-state index in [1.807, 2.05) is 0 Å². The van der Waals surface area contributed by atoms with Crippen LogP contribution in [0.3, 0.4) is 0 Å². The van der Waals surface area contributed by atoms with Gasteiger partial charge in [-0.15, -0.1) is 0 Å². The van der Waals surface area contributed by atoms with Crippen molar-refractivity contribution in [2.45, 2.75) is 41.5 Å². The number of carbonyl (C=O) groups is 1. The highest BCUT2D eigenvalue weighted by molar-refractivity contribution is 6.66. The van der Waals surface area contributed by atoms with Crippen LogP contribution in [0.5, 0.6) is 0 Å². The molecule has 5 heteroatoms. The number of rotatable bonds is 0. The van der Waals surface area contributed by atoms with Gasteiger partial charge in [-0.1, -0.05) is 0 Å². The van der Waals surface area contributed by atoms with Gasteiger partial charge in [0.25, 0.3) is 0 Å². The molecule has 1 aliphatic rings. The van der Waals surface area contributed by atoms with Crippen LogP contribution >= 0.6 is 0 Å². The molecule has 0 atom stereocenters. The highest BCUT2D eigenvalue weighted by atomic mass is 16.7. The molecular formula is C11H18N2O3. The van der Waals surface area contributed by atoms with Gasteiger partial charge in [-0.25, -0.2) is 0 Å². The van der Waals surface area contributed by atoms with E-state index < -0.39 is 16.6 Å². The molecule has 0 saturated carbocycles. The average molecular weight is 226 g/mol. The molecule has 90 valence electrons. The summed E-state index contributed by atoms with van der Waals surface area (Å²) in [4.78, 5) is 12.4. The molecule has 0 saturated heterocycles. The molecule has 0 amide bonds. The minimum atomic E-state index is -0.630. The van der Waals surface area contributed by atoms with Gasteiger partial charge >= 0.3 is 17.2 Å². The first-order valence-corrected chi connectivity index (χ1v) is 5.22. The van der Waals surface area contributed by atoms with Crippen molar-refractivity contribution < 1.29 is 14.5 Å². The summed E-state index contributed by atoms with van der Waals surface area (Å²) in [6.45, 7) is 10.4. The first-order chi connectivity index (χ1) is 6.98. The summed E-state index contributed by atoms with van der Waals surface area (Å²) in [6.07, 6.45) is 0. The van der Waals surface area contributed by atoms with Gasteiger partial charge in [-0.2, -0.15) is 0 Å². The van der Waals surface area contributed by atoms with Crippen molar-refractivity contribution in [2.75, 3.05) is 0 Å². The SMILES string of the molecule is CC(C)(C)C1=[N+]([O-])[N+]([O-])=C(C(C)(C)C)C1=O. The molecule has 0 N–H and O–H groups in total. The molecule has 0 aromatic heterocycles. The molecule has 1 aliphatic heterocycles. The van der Waals surface area contributed by atoms with E-state index in [2.05, 4.69) is 0 Å². The van der Waals surface area contributed by atoms with Gasteiger partial charge in [0.1, 0.15) is 0 Å². The summed E-state index contributed by atoms with van der Waals surface area (Å²) in [5, 5.41) is 23.3. The summed E-state index contributed by atoms with van der Waals surface area (Å²) in [5.74, 6) is -0.440. The van der Waals surface area contributed by atoms with Gasteiger partial charge in [0, 0.05) is 0 Å². The molecule has 16 heavy (non-hydrogen) atoms. The van der Waals surface area contributed by atoms with Crippen LogP contribution in [0.1, 0.15) is 41.5 Å². The summed E-state index contributed by atoms with van der Waals surface area (Å²) in [5.41, 5.74) is -1.25. The maximum absolute atomic E-state index is 12.1. The highest BCUT2D eigenvalue weighted by Gasteiger charge is 2.54. The monoisotopic (exact) mass is 226 g/mol. The van der Waals surface area contributed by atoms with Crippen molar-refractivity contribution in [3.8, 4) is 0 Å². The lowest BCUT2D eigenvalue weighted by molar-refractivity contribution is -1.05. The third-order valence-electron chi connectivity index (χ3n) is 2.40. The zero-order valence-electron chi connectivity index (χ0n) is 10.6. The summed E-state index contributed by atoms with van der Waals surface area (Å²) in [6, 6.07) is 0. The Morgan fingerprint density at radius 2 is 1.06 bits per heavy atom. The Balaban J connectivity index is 3.35. The van der Waals surface area contributed by atoms with Crippen LogP contribution in [0.4, 0.5) is 0 Å². The van der Waals surface area contributed by atoms with Gasteiger partial charge in [0.2, 0.25) is 0 Å². The van der Waals surface area contributed by atoms with Crippen LogP contribution < -0.4 is 0 Å². The molecule has 0 aliphatic carbocycles.